The Balaban J connectivity index is 2.27. The summed E-state index contributed by atoms with van der Waals surface area (Å²) in [6.45, 7) is 0.678. The van der Waals surface area contributed by atoms with Gasteiger partial charge in [-0.2, -0.15) is 4.98 Å². The molecule has 1 fully saturated rings. The maximum Gasteiger partial charge on any atom is 0.329 e. The van der Waals surface area contributed by atoms with Crippen LogP contribution < -0.4 is 10.6 Å². The minimum Gasteiger partial charge on any atom is -0.368 e. The summed E-state index contributed by atoms with van der Waals surface area (Å²) < 4.78 is 0. The number of nitrogens with zero attached hydrogens (tertiary/aromatic N) is 5. The van der Waals surface area contributed by atoms with E-state index in [1.165, 1.54) is 6.42 Å². The van der Waals surface area contributed by atoms with Crippen molar-refractivity contribution in [2.75, 3.05) is 38.3 Å². The Morgan fingerprint density at radius 1 is 1.45 bits per heavy atom. The van der Waals surface area contributed by atoms with Crippen LogP contribution in [0.2, 0.25) is 0 Å². The van der Waals surface area contributed by atoms with Gasteiger partial charge in [0, 0.05) is 19.1 Å². The highest BCUT2D eigenvalue weighted by Crippen LogP contribution is 2.38. The van der Waals surface area contributed by atoms with Crippen LogP contribution in [0.3, 0.4) is 0 Å². The molecule has 0 bridgehead atoms. The molecular weight excluding hydrogens is 260 g/mol. The van der Waals surface area contributed by atoms with E-state index >= 15 is 0 Å². The highest BCUT2D eigenvalue weighted by molar-refractivity contribution is 5.58. The molecule has 2 rings (SSSR count). The number of hydrogen-bond acceptors (Lipinski definition) is 7. The molecule has 1 aromatic heterocycles. The molecule has 0 aromatic carbocycles. The Hall–Kier alpha value is -1.96. The van der Waals surface area contributed by atoms with Crippen LogP contribution in [-0.4, -0.2) is 53.0 Å². The number of nitrogens with two attached hydrogens (primary N) is 1. The van der Waals surface area contributed by atoms with Crippen molar-refractivity contribution in [1.82, 2.24) is 14.9 Å². The summed E-state index contributed by atoms with van der Waals surface area (Å²) in [5, 5.41) is 11.1. The van der Waals surface area contributed by atoms with E-state index in [1.54, 1.807) is 11.9 Å². The average Bonchev–Trinajstić information content (AvgIpc) is 2.32. The third kappa shape index (κ3) is 2.51. The second-order valence-corrected chi connectivity index (χ2v) is 5.52. The topological polar surface area (TPSA) is 101 Å². The monoisotopic (exact) mass is 280 g/mol. The van der Waals surface area contributed by atoms with Crippen molar-refractivity contribution in [3.05, 3.63) is 16.3 Å². The SMILES string of the molecule is CN(CC1(N(C)C)CCC1)c1nc(N)ncc1[N+](=O)[O-]. The molecule has 8 heteroatoms. The molecule has 8 nitrogen and oxygen atoms in total. The van der Waals surface area contributed by atoms with E-state index in [9.17, 15) is 10.1 Å². The van der Waals surface area contributed by atoms with E-state index in [0.29, 0.717) is 6.54 Å². The van der Waals surface area contributed by atoms with Crippen molar-refractivity contribution in [2.45, 2.75) is 24.8 Å². The molecule has 20 heavy (non-hydrogen) atoms. The highest BCUT2D eigenvalue weighted by Gasteiger charge is 2.41. The van der Waals surface area contributed by atoms with Gasteiger partial charge in [-0.15, -0.1) is 0 Å². The average molecular weight is 280 g/mol. The van der Waals surface area contributed by atoms with Crippen molar-refractivity contribution in [2.24, 2.45) is 0 Å². The van der Waals surface area contributed by atoms with E-state index in [1.807, 2.05) is 14.1 Å². The van der Waals surface area contributed by atoms with Crippen LogP contribution in [0, 0.1) is 10.1 Å². The lowest BCUT2D eigenvalue weighted by molar-refractivity contribution is -0.384. The predicted octanol–water partition coefficient (Wildman–Crippen LogP) is 0.887. The first-order valence-electron chi connectivity index (χ1n) is 6.51. The van der Waals surface area contributed by atoms with Crippen molar-refractivity contribution in [3.63, 3.8) is 0 Å². The Morgan fingerprint density at radius 2 is 2.10 bits per heavy atom. The van der Waals surface area contributed by atoms with Gasteiger partial charge in [0.15, 0.2) is 0 Å². The zero-order valence-corrected chi connectivity index (χ0v) is 12.0. The minimum absolute atomic E-state index is 0.0463. The van der Waals surface area contributed by atoms with Crippen LogP contribution in [0.15, 0.2) is 6.20 Å². The lowest BCUT2D eigenvalue weighted by Gasteiger charge is -2.49. The molecule has 0 spiro atoms. The molecule has 0 radical (unpaired) electrons. The predicted molar refractivity (Wildman–Crippen MR) is 76.6 cm³/mol. The summed E-state index contributed by atoms with van der Waals surface area (Å²) in [6.07, 6.45) is 4.51. The van der Waals surface area contributed by atoms with Gasteiger partial charge in [-0.3, -0.25) is 10.1 Å². The fourth-order valence-corrected chi connectivity index (χ4v) is 2.64. The Morgan fingerprint density at radius 3 is 2.55 bits per heavy atom. The zero-order valence-electron chi connectivity index (χ0n) is 12.0. The summed E-state index contributed by atoms with van der Waals surface area (Å²) in [7, 11) is 5.88. The number of likely N-dealkylation sites (N-methyl/N-ethyl adjacent to an activating group) is 2. The van der Waals surface area contributed by atoms with Crippen LogP contribution >= 0.6 is 0 Å². The number of nitrogen functional groups attached to an aromatic ring is 1. The molecule has 1 saturated carbocycles. The fraction of sp³-hybridized carbons (Fsp3) is 0.667. The number of hydrogen-bond donors (Lipinski definition) is 1. The van der Waals surface area contributed by atoms with E-state index < -0.39 is 4.92 Å². The molecule has 2 N–H and O–H groups in total. The van der Waals surface area contributed by atoms with Crippen molar-refractivity contribution >= 4 is 17.5 Å². The van der Waals surface area contributed by atoms with Gasteiger partial charge in [0.25, 0.3) is 0 Å². The molecular formula is C12H20N6O2. The number of nitro groups is 1. The third-order valence-electron chi connectivity index (χ3n) is 4.09. The van der Waals surface area contributed by atoms with Crippen LogP contribution in [-0.2, 0) is 0 Å². The van der Waals surface area contributed by atoms with Crippen molar-refractivity contribution in [1.29, 1.82) is 0 Å². The summed E-state index contributed by atoms with van der Waals surface area (Å²) in [4.78, 5) is 22.3. The fourth-order valence-electron chi connectivity index (χ4n) is 2.64. The lowest BCUT2D eigenvalue weighted by Crippen LogP contribution is -2.57. The molecule has 0 unspecified atom stereocenters. The first-order valence-corrected chi connectivity index (χ1v) is 6.51. The molecule has 1 aliphatic rings. The maximum absolute atomic E-state index is 11.1. The number of rotatable bonds is 5. The molecule has 0 amide bonds. The van der Waals surface area contributed by atoms with Crippen LogP contribution in [0.1, 0.15) is 19.3 Å². The Labute approximate surface area is 117 Å². The van der Waals surface area contributed by atoms with E-state index in [2.05, 4.69) is 14.9 Å². The Kier molecular flexibility index (Phi) is 3.76. The first kappa shape index (κ1) is 14.4. The zero-order chi connectivity index (χ0) is 14.9. The van der Waals surface area contributed by atoms with Crippen molar-refractivity contribution < 1.29 is 4.92 Å². The first-order chi connectivity index (χ1) is 9.35. The molecule has 110 valence electrons. The molecule has 1 aromatic rings. The Bertz CT molecular complexity index is 515. The second kappa shape index (κ2) is 5.20. The molecule has 1 aliphatic carbocycles. The highest BCUT2D eigenvalue weighted by atomic mass is 16.6. The normalized spacial score (nSPS) is 16.8. The van der Waals surface area contributed by atoms with Gasteiger partial charge in [-0.05, 0) is 33.4 Å². The van der Waals surface area contributed by atoms with Crippen molar-refractivity contribution in [3.8, 4) is 0 Å². The third-order valence-corrected chi connectivity index (χ3v) is 4.09. The maximum atomic E-state index is 11.1. The largest absolute Gasteiger partial charge is 0.368 e. The quantitative estimate of drug-likeness (QED) is 0.631. The summed E-state index contributed by atoms with van der Waals surface area (Å²) >= 11 is 0. The lowest BCUT2D eigenvalue weighted by atomic mass is 9.75. The van der Waals surface area contributed by atoms with Gasteiger partial charge >= 0.3 is 5.69 Å². The molecule has 0 aliphatic heterocycles. The summed E-state index contributed by atoms with van der Waals surface area (Å²) in [5.41, 5.74) is 5.50. The standard InChI is InChI=1S/C12H20N6O2/c1-16(2)12(5-4-6-12)8-17(3)10-9(18(19)20)7-14-11(13)15-10/h7H,4-6,8H2,1-3H3,(H2,13,14,15). The van der Waals surface area contributed by atoms with Crippen LogP contribution in [0.5, 0.6) is 0 Å². The summed E-state index contributed by atoms with van der Waals surface area (Å²) in [5.74, 6) is 0.320. The van der Waals surface area contributed by atoms with Gasteiger partial charge in [-0.25, -0.2) is 4.98 Å². The smallest absolute Gasteiger partial charge is 0.329 e. The van der Waals surface area contributed by atoms with Gasteiger partial charge in [0.05, 0.1) is 4.92 Å². The van der Waals surface area contributed by atoms with Gasteiger partial charge in [0.1, 0.15) is 6.20 Å². The van der Waals surface area contributed by atoms with E-state index in [0.717, 1.165) is 19.0 Å². The second-order valence-electron chi connectivity index (χ2n) is 5.52. The number of aromatic nitrogens is 2. The summed E-state index contributed by atoms with van der Waals surface area (Å²) in [6, 6.07) is 0. The number of anilines is 2. The van der Waals surface area contributed by atoms with E-state index in [4.69, 9.17) is 5.73 Å². The molecule has 0 atom stereocenters. The minimum atomic E-state index is -0.478. The molecule has 1 heterocycles. The van der Waals surface area contributed by atoms with Crippen LogP contribution in [0.25, 0.3) is 0 Å². The van der Waals surface area contributed by atoms with Gasteiger partial charge < -0.3 is 15.5 Å². The van der Waals surface area contributed by atoms with Gasteiger partial charge in [0.2, 0.25) is 11.8 Å². The molecule has 0 saturated heterocycles. The van der Waals surface area contributed by atoms with E-state index in [-0.39, 0.29) is 23.0 Å². The van der Waals surface area contributed by atoms with Gasteiger partial charge in [-0.1, -0.05) is 0 Å². The van der Waals surface area contributed by atoms with Crippen LogP contribution in [0.4, 0.5) is 17.5 Å².